The second kappa shape index (κ2) is 5.60. The fourth-order valence-electron chi connectivity index (χ4n) is 3.72. The zero-order valence-corrected chi connectivity index (χ0v) is 13.7. The molecule has 0 amide bonds. The molecule has 0 saturated carbocycles. The Morgan fingerprint density at radius 1 is 1.00 bits per heavy atom. The number of hydrogen-bond acceptors (Lipinski definition) is 1. The van der Waals surface area contributed by atoms with Gasteiger partial charge < -0.3 is 9.47 Å². The van der Waals surface area contributed by atoms with Crippen LogP contribution in [0.25, 0.3) is 5.57 Å². The predicted octanol–water partition coefficient (Wildman–Crippen LogP) is 4.23. The van der Waals surface area contributed by atoms with E-state index >= 15 is 0 Å². The molecule has 2 aromatic rings. The number of nitrogens with zero attached hydrogens (tertiary/aromatic N) is 2. The number of rotatable bonds is 0. The highest BCUT2D eigenvalue weighted by Gasteiger charge is 2.23. The summed E-state index contributed by atoms with van der Waals surface area (Å²) in [5, 5.41) is 0.838. The number of halogens is 1. The van der Waals surface area contributed by atoms with E-state index in [9.17, 15) is 0 Å². The van der Waals surface area contributed by atoms with Gasteiger partial charge in [-0.1, -0.05) is 23.2 Å². The van der Waals surface area contributed by atoms with E-state index in [2.05, 4.69) is 47.0 Å². The molecule has 0 bridgehead atoms. The Hall–Kier alpha value is -1.51. The normalized spacial score (nSPS) is 18.8. The van der Waals surface area contributed by atoms with Gasteiger partial charge in [-0.05, 0) is 61.7 Å². The van der Waals surface area contributed by atoms with E-state index in [1.54, 1.807) is 5.57 Å². The van der Waals surface area contributed by atoms with Crippen molar-refractivity contribution in [2.75, 3.05) is 20.1 Å². The van der Waals surface area contributed by atoms with Crippen LogP contribution >= 0.6 is 11.6 Å². The van der Waals surface area contributed by atoms with Crippen LogP contribution in [-0.4, -0.2) is 29.6 Å². The Balaban J connectivity index is 1.93. The van der Waals surface area contributed by atoms with E-state index in [-0.39, 0.29) is 0 Å². The van der Waals surface area contributed by atoms with Crippen LogP contribution in [0.5, 0.6) is 0 Å². The summed E-state index contributed by atoms with van der Waals surface area (Å²) in [7, 11) is 2.21. The van der Waals surface area contributed by atoms with Crippen LogP contribution in [0, 0.1) is 0 Å². The number of aryl methyl sites for hydroxylation is 2. The lowest BCUT2D eigenvalue weighted by Gasteiger charge is -2.27. The van der Waals surface area contributed by atoms with Crippen molar-refractivity contribution in [3.8, 4) is 0 Å². The van der Waals surface area contributed by atoms with E-state index in [0.717, 1.165) is 43.9 Å². The number of hydrogen-bond donors (Lipinski definition) is 0. The molecule has 0 aliphatic carbocycles. The first-order valence-corrected chi connectivity index (χ1v) is 8.45. The average Bonchev–Trinajstić information content (AvgIpc) is 2.91. The van der Waals surface area contributed by atoms with Gasteiger partial charge in [-0.25, -0.2) is 0 Å². The highest BCUT2D eigenvalue weighted by molar-refractivity contribution is 6.30. The number of aromatic nitrogens is 1. The average molecular weight is 313 g/mol. The second-order valence-corrected chi connectivity index (χ2v) is 6.86. The second-order valence-electron chi connectivity index (χ2n) is 6.42. The maximum absolute atomic E-state index is 6.32. The molecule has 3 heterocycles. The molecule has 0 atom stereocenters. The minimum atomic E-state index is 0.838. The molecule has 1 aromatic carbocycles. The summed E-state index contributed by atoms with van der Waals surface area (Å²) in [6.45, 7) is 3.35. The van der Waals surface area contributed by atoms with E-state index < -0.39 is 0 Å². The molecular formula is C19H21ClN2. The van der Waals surface area contributed by atoms with Crippen molar-refractivity contribution in [1.29, 1.82) is 0 Å². The largest absolute Gasteiger partial charge is 0.347 e. The summed E-state index contributed by atoms with van der Waals surface area (Å²) in [6, 6.07) is 10.8. The van der Waals surface area contributed by atoms with Gasteiger partial charge in [0.2, 0.25) is 0 Å². The van der Waals surface area contributed by atoms with Crippen molar-refractivity contribution in [2.24, 2.45) is 0 Å². The fraction of sp³-hybridized carbons (Fsp3) is 0.368. The van der Waals surface area contributed by atoms with Gasteiger partial charge in [0, 0.05) is 42.1 Å². The first-order chi connectivity index (χ1) is 10.7. The smallest absolute Gasteiger partial charge is 0.0486 e. The third-order valence-electron chi connectivity index (χ3n) is 4.99. The first kappa shape index (κ1) is 14.1. The summed E-state index contributed by atoms with van der Waals surface area (Å²) in [5.74, 6) is 0. The van der Waals surface area contributed by atoms with Crippen molar-refractivity contribution in [3.63, 3.8) is 0 Å². The minimum absolute atomic E-state index is 0.838. The van der Waals surface area contributed by atoms with Crippen LogP contribution in [0.4, 0.5) is 0 Å². The van der Waals surface area contributed by atoms with Crippen LogP contribution in [0.1, 0.15) is 29.7 Å². The lowest BCUT2D eigenvalue weighted by Crippen LogP contribution is -2.27. The zero-order chi connectivity index (χ0) is 15.1. The molecule has 2 nitrogen and oxygen atoms in total. The number of piperidine rings is 1. The molecule has 114 valence electrons. The summed E-state index contributed by atoms with van der Waals surface area (Å²) < 4.78 is 2.40. The van der Waals surface area contributed by atoms with Crippen molar-refractivity contribution < 1.29 is 0 Å². The molecule has 1 saturated heterocycles. The predicted molar refractivity (Wildman–Crippen MR) is 92.3 cm³/mol. The van der Waals surface area contributed by atoms with Crippen molar-refractivity contribution in [3.05, 3.63) is 63.9 Å². The van der Waals surface area contributed by atoms with Crippen molar-refractivity contribution in [1.82, 2.24) is 9.47 Å². The molecule has 0 unspecified atom stereocenters. The Morgan fingerprint density at radius 2 is 1.82 bits per heavy atom. The molecule has 0 spiro atoms. The van der Waals surface area contributed by atoms with Gasteiger partial charge >= 0.3 is 0 Å². The number of benzene rings is 1. The molecule has 4 rings (SSSR count). The highest BCUT2D eigenvalue weighted by atomic mass is 35.5. The maximum Gasteiger partial charge on any atom is 0.0486 e. The Bertz CT molecular complexity index is 732. The number of fused-ring (bicyclic) bond motifs is 2. The molecular weight excluding hydrogens is 292 g/mol. The van der Waals surface area contributed by atoms with Crippen LogP contribution in [0.2, 0.25) is 5.02 Å². The van der Waals surface area contributed by atoms with Gasteiger partial charge in [-0.3, -0.25) is 0 Å². The molecule has 0 radical (unpaired) electrons. The van der Waals surface area contributed by atoms with Gasteiger partial charge in [-0.15, -0.1) is 0 Å². The summed E-state index contributed by atoms with van der Waals surface area (Å²) in [4.78, 5) is 2.42. The lowest BCUT2D eigenvalue weighted by atomic mass is 9.89. The standard InChI is InChI=1S/C19H21ClN2/c1-21-10-6-15(7-11-21)19-17-13-16(20)5-4-14(17)8-12-22-9-2-3-18(19)22/h2-5,9,13H,6-8,10-12H2,1H3. The van der Waals surface area contributed by atoms with Crippen LogP contribution in [0.3, 0.4) is 0 Å². The lowest BCUT2D eigenvalue weighted by molar-refractivity contribution is 0.313. The number of likely N-dealkylation sites (tertiary alicyclic amines) is 1. The minimum Gasteiger partial charge on any atom is -0.347 e. The summed E-state index contributed by atoms with van der Waals surface area (Å²) >= 11 is 6.32. The Labute approximate surface area is 137 Å². The molecule has 1 fully saturated rings. The van der Waals surface area contributed by atoms with E-state index in [1.165, 1.54) is 22.4 Å². The Morgan fingerprint density at radius 3 is 2.64 bits per heavy atom. The van der Waals surface area contributed by atoms with Crippen molar-refractivity contribution in [2.45, 2.75) is 25.8 Å². The van der Waals surface area contributed by atoms with E-state index in [1.807, 2.05) is 6.07 Å². The summed E-state index contributed by atoms with van der Waals surface area (Å²) in [5.41, 5.74) is 7.16. The zero-order valence-electron chi connectivity index (χ0n) is 13.0. The fourth-order valence-corrected chi connectivity index (χ4v) is 3.90. The summed E-state index contributed by atoms with van der Waals surface area (Å²) in [6.07, 6.45) is 5.59. The van der Waals surface area contributed by atoms with Gasteiger partial charge in [0.15, 0.2) is 0 Å². The van der Waals surface area contributed by atoms with Gasteiger partial charge in [0.25, 0.3) is 0 Å². The van der Waals surface area contributed by atoms with Gasteiger partial charge in [-0.2, -0.15) is 0 Å². The van der Waals surface area contributed by atoms with Gasteiger partial charge in [0.1, 0.15) is 0 Å². The van der Waals surface area contributed by atoms with E-state index in [4.69, 9.17) is 11.6 Å². The van der Waals surface area contributed by atoms with Crippen LogP contribution < -0.4 is 0 Å². The van der Waals surface area contributed by atoms with Crippen LogP contribution in [0.15, 0.2) is 42.1 Å². The topological polar surface area (TPSA) is 8.17 Å². The molecule has 1 aromatic heterocycles. The van der Waals surface area contributed by atoms with Crippen LogP contribution in [-0.2, 0) is 13.0 Å². The quantitative estimate of drug-likeness (QED) is 0.707. The maximum atomic E-state index is 6.32. The highest BCUT2D eigenvalue weighted by Crippen LogP contribution is 2.37. The monoisotopic (exact) mass is 312 g/mol. The Kier molecular flexibility index (Phi) is 3.59. The van der Waals surface area contributed by atoms with Crippen molar-refractivity contribution >= 4 is 17.2 Å². The SMILES string of the molecule is CN1CCC(=C2c3cc(Cl)ccc3CCn3cccc32)CC1. The first-order valence-electron chi connectivity index (χ1n) is 8.07. The third kappa shape index (κ3) is 2.41. The molecule has 2 aliphatic heterocycles. The molecule has 3 heteroatoms. The molecule has 22 heavy (non-hydrogen) atoms. The third-order valence-corrected chi connectivity index (χ3v) is 5.23. The van der Waals surface area contributed by atoms with Gasteiger partial charge in [0.05, 0.1) is 0 Å². The molecule has 0 N–H and O–H groups in total. The van der Waals surface area contributed by atoms with E-state index in [0.29, 0.717) is 0 Å². The molecule has 2 aliphatic rings.